The molecule has 0 saturated carbocycles. The van der Waals surface area contributed by atoms with Gasteiger partial charge in [0.05, 0.1) is 30.0 Å². The second-order valence-corrected chi connectivity index (χ2v) is 14.2. The number of hydrogen-bond acceptors (Lipinski definition) is 9. The van der Waals surface area contributed by atoms with E-state index >= 15 is 0 Å². The summed E-state index contributed by atoms with van der Waals surface area (Å²) in [4.78, 5) is 71.3. The average molecular weight is 793 g/mol. The van der Waals surface area contributed by atoms with E-state index in [2.05, 4.69) is 43.6 Å². The van der Waals surface area contributed by atoms with Gasteiger partial charge in [-0.25, -0.2) is 4.79 Å². The number of nitrogens with one attached hydrogen (secondary N) is 4. The molecule has 0 aliphatic carbocycles. The summed E-state index contributed by atoms with van der Waals surface area (Å²) in [6.45, 7) is 3.58. The summed E-state index contributed by atoms with van der Waals surface area (Å²) < 4.78 is 0. The predicted octanol–water partition coefficient (Wildman–Crippen LogP) is 4.32. The predicted molar refractivity (Wildman–Crippen MR) is 220 cm³/mol. The van der Waals surface area contributed by atoms with E-state index in [0.717, 1.165) is 16.7 Å². The minimum Gasteiger partial charge on any atom is -0.508 e. The molecule has 6 N–H and O–H groups in total. The number of phenols is 1. The molecule has 0 radical (unpaired) electrons. The molecule has 0 heterocycles. The van der Waals surface area contributed by atoms with Crippen molar-refractivity contribution in [2.24, 2.45) is 10.9 Å². The molecule has 3 atom stereocenters. The van der Waals surface area contributed by atoms with Crippen LogP contribution in [0.3, 0.4) is 0 Å². The second kappa shape index (κ2) is 22.4. The van der Waals surface area contributed by atoms with E-state index in [1.165, 1.54) is 0 Å². The summed E-state index contributed by atoms with van der Waals surface area (Å²) in [5, 5.41) is 32.2. The number of hydrogen-bond donors (Lipinski definition) is 6. The number of benzene rings is 4. The van der Waals surface area contributed by atoms with Crippen molar-refractivity contribution in [2.75, 3.05) is 13.1 Å². The molecule has 0 spiro atoms. The van der Waals surface area contributed by atoms with Gasteiger partial charge in [0.15, 0.2) is 0 Å². The first kappa shape index (κ1) is 43.5. The number of carbonyl (C=O) groups is 5. The molecule has 4 aromatic carbocycles. The Morgan fingerprint density at radius 2 is 1.21 bits per heavy atom. The highest BCUT2D eigenvalue weighted by Gasteiger charge is 2.29. The van der Waals surface area contributed by atoms with Crippen LogP contribution in [-0.2, 0) is 49.9 Å². The first-order chi connectivity index (χ1) is 27.4. The standard InChI is InChI=1S/C43H48N6O7S/c1-29(2)21-37(43(55)56)48-41(53)36(22-30-13-17-34(18-14-30)46-28-57)47-40(52)25-44-39(51)24-45-42(54)38(23-31-15-19-35(50)20-16-31)49(26-32-9-5-3-6-10-32)27-33-11-7-4-8-12-33/h3-20,29,36-38,50H,21-27H2,1-2H3,(H,44,51)(H,45,54)(H,47,52)(H,48,53)(H,55,56)/t36-,37-,38-/m0/s1. The van der Waals surface area contributed by atoms with Crippen molar-refractivity contribution in [3.05, 3.63) is 131 Å². The summed E-state index contributed by atoms with van der Waals surface area (Å²) >= 11 is 4.65. The van der Waals surface area contributed by atoms with E-state index in [4.69, 9.17) is 0 Å². The van der Waals surface area contributed by atoms with E-state index in [-0.39, 0.29) is 30.9 Å². The SMILES string of the molecule is CC(C)C[C@H](NC(=O)[C@H](Cc1ccc(N=C=S)cc1)NC(=O)CNC(=O)CNC(=O)[C@H](Cc1ccc(O)cc1)N(Cc1ccccc1)Cc1ccccc1)C(=O)O. The van der Waals surface area contributed by atoms with Gasteiger partial charge in [-0.1, -0.05) is 98.8 Å². The lowest BCUT2D eigenvalue weighted by molar-refractivity contribution is -0.142. The monoisotopic (exact) mass is 792 g/mol. The van der Waals surface area contributed by atoms with Crippen LogP contribution in [0.1, 0.15) is 42.5 Å². The van der Waals surface area contributed by atoms with Crippen LogP contribution in [0.2, 0.25) is 0 Å². The van der Waals surface area contributed by atoms with Crippen LogP contribution < -0.4 is 21.3 Å². The zero-order valence-electron chi connectivity index (χ0n) is 31.9. The largest absolute Gasteiger partial charge is 0.508 e. The van der Waals surface area contributed by atoms with Crippen molar-refractivity contribution in [2.45, 2.75) is 64.3 Å². The molecule has 298 valence electrons. The van der Waals surface area contributed by atoms with Gasteiger partial charge in [-0.3, -0.25) is 24.1 Å². The summed E-state index contributed by atoms with van der Waals surface area (Å²) in [7, 11) is 0. The molecular formula is C43H48N6O7S. The number of carbonyl (C=O) groups excluding carboxylic acids is 4. The summed E-state index contributed by atoms with van der Waals surface area (Å²) in [6, 6.07) is 29.7. The Hall–Kier alpha value is -6.21. The fourth-order valence-corrected chi connectivity index (χ4v) is 6.20. The fourth-order valence-electron chi connectivity index (χ4n) is 6.10. The van der Waals surface area contributed by atoms with Crippen molar-refractivity contribution in [3.8, 4) is 5.75 Å². The van der Waals surface area contributed by atoms with E-state index in [0.29, 0.717) is 24.3 Å². The molecule has 0 unspecified atom stereocenters. The maximum atomic E-state index is 14.0. The molecule has 0 fully saturated rings. The Morgan fingerprint density at radius 3 is 1.75 bits per heavy atom. The van der Waals surface area contributed by atoms with Crippen LogP contribution in [0.5, 0.6) is 5.75 Å². The lowest BCUT2D eigenvalue weighted by atomic mass is 10.0. The van der Waals surface area contributed by atoms with Crippen molar-refractivity contribution < 1.29 is 34.2 Å². The van der Waals surface area contributed by atoms with Gasteiger partial charge in [0.2, 0.25) is 23.6 Å². The van der Waals surface area contributed by atoms with Crippen molar-refractivity contribution in [1.29, 1.82) is 0 Å². The van der Waals surface area contributed by atoms with Crippen molar-refractivity contribution >= 4 is 52.7 Å². The molecule has 0 aliphatic rings. The lowest BCUT2D eigenvalue weighted by Gasteiger charge is -2.31. The van der Waals surface area contributed by atoms with E-state index in [1.807, 2.05) is 79.4 Å². The van der Waals surface area contributed by atoms with Crippen molar-refractivity contribution in [3.63, 3.8) is 0 Å². The third kappa shape index (κ3) is 15.1. The van der Waals surface area contributed by atoms with Gasteiger partial charge in [0.1, 0.15) is 17.8 Å². The molecule has 4 aromatic rings. The molecule has 4 amide bonds. The number of rotatable bonds is 21. The minimum absolute atomic E-state index is 0.0159. The summed E-state index contributed by atoms with van der Waals surface area (Å²) in [5.74, 6) is -3.59. The topological polar surface area (TPSA) is 190 Å². The Balaban J connectivity index is 1.44. The van der Waals surface area contributed by atoms with E-state index in [9.17, 15) is 34.2 Å². The van der Waals surface area contributed by atoms with Crippen LogP contribution in [-0.4, -0.2) is 81.1 Å². The number of nitrogens with zero attached hydrogens (tertiary/aromatic N) is 2. The molecule has 0 bridgehead atoms. The number of amides is 4. The van der Waals surface area contributed by atoms with Crippen LogP contribution in [0, 0.1) is 5.92 Å². The number of isothiocyanates is 1. The van der Waals surface area contributed by atoms with Gasteiger partial charge in [-0.15, -0.1) is 0 Å². The molecule has 0 saturated heterocycles. The maximum Gasteiger partial charge on any atom is 0.326 e. The average Bonchev–Trinajstić information content (AvgIpc) is 3.19. The second-order valence-electron chi connectivity index (χ2n) is 14.0. The Morgan fingerprint density at radius 1 is 0.667 bits per heavy atom. The molecule has 13 nitrogen and oxygen atoms in total. The first-order valence-electron chi connectivity index (χ1n) is 18.5. The molecular weight excluding hydrogens is 745 g/mol. The number of carboxylic acid groups (broad SMARTS) is 1. The van der Waals surface area contributed by atoms with Crippen LogP contribution in [0.15, 0.2) is 114 Å². The number of aliphatic carboxylic acids is 1. The zero-order valence-corrected chi connectivity index (χ0v) is 32.7. The third-order valence-electron chi connectivity index (χ3n) is 8.96. The number of phenolic OH excluding ortho intramolecular Hbond substituents is 1. The van der Waals surface area contributed by atoms with Gasteiger partial charge >= 0.3 is 5.97 Å². The van der Waals surface area contributed by atoms with Crippen LogP contribution in [0.25, 0.3) is 0 Å². The van der Waals surface area contributed by atoms with Gasteiger partial charge < -0.3 is 31.5 Å². The normalized spacial score (nSPS) is 12.4. The van der Waals surface area contributed by atoms with Crippen LogP contribution >= 0.6 is 12.2 Å². The molecule has 4 rings (SSSR count). The number of thiocarbonyl (C=S) groups is 1. The smallest absolute Gasteiger partial charge is 0.326 e. The number of aliphatic imine (C=N–C) groups is 1. The third-order valence-corrected chi connectivity index (χ3v) is 9.05. The first-order valence-corrected chi connectivity index (χ1v) is 18.9. The van der Waals surface area contributed by atoms with Crippen molar-refractivity contribution in [1.82, 2.24) is 26.2 Å². The fraction of sp³-hybridized carbons (Fsp3) is 0.302. The minimum atomic E-state index is -1.20. The maximum absolute atomic E-state index is 14.0. The molecule has 0 aliphatic heterocycles. The zero-order chi connectivity index (χ0) is 41.2. The Bertz CT molecular complexity index is 1950. The Labute approximate surface area is 337 Å². The summed E-state index contributed by atoms with van der Waals surface area (Å²) in [6.07, 6.45) is 0.476. The molecule has 14 heteroatoms. The van der Waals surface area contributed by atoms with Gasteiger partial charge in [-0.05, 0) is 77.5 Å². The van der Waals surface area contributed by atoms with Crippen LogP contribution in [0.4, 0.5) is 5.69 Å². The lowest BCUT2D eigenvalue weighted by Crippen LogP contribution is -2.54. The number of carboxylic acids is 1. The van der Waals surface area contributed by atoms with Gasteiger partial charge in [-0.2, -0.15) is 4.99 Å². The highest BCUT2D eigenvalue weighted by Crippen LogP contribution is 2.19. The Kier molecular flexibility index (Phi) is 17.1. The molecule has 0 aromatic heterocycles. The van der Waals surface area contributed by atoms with E-state index in [1.54, 1.807) is 48.5 Å². The number of aromatic hydroxyl groups is 1. The van der Waals surface area contributed by atoms with Gasteiger partial charge in [0.25, 0.3) is 0 Å². The summed E-state index contributed by atoms with van der Waals surface area (Å²) in [5.41, 5.74) is 3.98. The quantitative estimate of drug-likeness (QED) is 0.0528. The highest BCUT2D eigenvalue weighted by molar-refractivity contribution is 7.78. The molecule has 57 heavy (non-hydrogen) atoms. The van der Waals surface area contributed by atoms with E-state index < -0.39 is 60.8 Å². The highest BCUT2D eigenvalue weighted by atomic mass is 32.1. The van der Waals surface area contributed by atoms with Gasteiger partial charge in [0, 0.05) is 19.5 Å².